The standard InChI is InChI=1S/C18H24N4O3/c1-12-21-15-4-3-14(10-16(15)22-12)18(23)20-11-13-5-6-19-17(9-13)25-8-7-24-2/h5-6,9,14H,3-4,7-8,10-11H2,1-2H3,(H,20,23)(H,21,22)/t14-/m0/s1. The number of hydrogen-bond acceptors (Lipinski definition) is 5. The summed E-state index contributed by atoms with van der Waals surface area (Å²) < 4.78 is 10.4. The molecule has 7 nitrogen and oxygen atoms in total. The lowest BCUT2D eigenvalue weighted by Gasteiger charge is -2.20. The molecule has 0 aliphatic heterocycles. The Balaban J connectivity index is 1.51. The molecule has 1 atom stereocenters. The lowest BCUT2D eigenvalue weighted by atomic mass is 9.89. The van der Waals surface area contributed by atoms with E-state index in [-0.39, 0.29) is 11.8 Å². The molecule has 1 aliphatic rings. The Morgan fingerprint density at radius 2 is 2.32 bits per heavy atom. The molecule has 134 valence electrons. The van der Waals surface area contributed by atoms with Crippen LogP contribution in [0.1, 0.15) is 29.2 Å². The molecule has 1 aliphatic carbocycles. The summed E-state index contributed by atoms with van der Waals surface area (Å²) in [5.74, 6) is 1.53. The van der Waals surface area contributed by atoms with Crippen molar-refractivity contribution in [2.24, 2.45) is 5.92 Å². The summed E-state index contributed by atoms with van der Waals surface area (Å²) >= 11 is 0. The van der Waals surface area contributed by atoms with Gasteiger partial charge in [0.05, 0.1) is 12.3 Å². The van der Waals surface area contributed by atoms with Crippen molar-refractivity contribution in [2.75, 3.05) is 20.3 Å². The van der Waals surface area contributed by atoms with Gasteiger partial charge in [-0.3, -0.25) is 4.79 Å². The van der Waals surface area contributed by atoms with E-state index in [2.05, 4.69) is 20.3 Å². The van der Waals surface area contributed by atoms with E-state index in [1.807, 2.05) is 19.1 Å². The first-order chi connectivity index (χ1) is 12.2. The number of H-pyrrole nitrogens is 1. The molecule has 0 bridgehead atoms. The van der Waals surface area contributed by atoms with Crippen molar-refractivity contribution < 1.29 is 14.3 Å². The summed E-state index contributed by atoms with van der Waals surface area (Å²) in [6, 6.07) is 3.72. The summed E-state index contributed by atoms with van der Waals surface area (Å²) in [4.78, 5) is 24.4. The minimum absolute atomic E-state index is 0.00777. The van der Waals surface area contributed by atoms with Crippen molar-refractivity contribution >= 4 is 5.91 Å². The van der Waals surface area contributed by atoms with Gasteiger partial charge in [-0.2, -0.15) is 0 Å². The number of fused-ring (bicyclic) bond motifs is 1. The van der Waals surface area contributed by atoms with E-state index in [1.54, 1.807) is 13.3 Å². The third-order valence-corrected chi connectivity index (χ3v) is 4.34. The lowest BCUT2D eigenvalue weighted by Crippen LogP contribution is -2.33. The molecule has 0 saturated heterocycles. The maximum atomic E-state index is 12.5. The molecule has 2 aromatic rings. The van der Waals surface area contributed by atoms with Gasteiger partial charge in [0.1, 0.15) is 12.4 Å². The Morgan fingerprint density at radius 3 is 3.16 bits per heavy atom. The summed E-state index contributed by atoms with van der Waals surface area (Å²) in [6.07, 6.45) is 4.10. The smallest absolute Gasteiger partial charge is 0.223 e. The monoisotopic (exact) mass is 344 g/mol. The van der Waals surface area contributed by atoms with Gasteiger partial charge >= 0.3 is 0 Å². The van der Waals surface area contributed by atoms with Gasteiger partial charge in [0.25, 0.3) is 0 Å². The third kappa shape index (κ3) is 4.57. The van der Waals surface area contributed by atoms with Crippen LogP contribution in [0.4, 0.5) is 0 Å². The average molecular weight is 344 g/mol. The van der Waals surface area contributed by atoms with Crippen LogP contribution in [0.15, 0.2) is 18.3 Å². The summed E-state index contributed by atoms with van der Waals surface area (Å²) in [6.45, 7) is 3.38. The van der Waals surface area contributed by atoms with Gasteiger partial charge in [0.2, 0.25) is 11.8 Å². The van der Waals surface area contributed by atoms with E-state index in [9.17, 15) is 4.79 Å². The number of amides is 1. The van der Waals surface area contributed by atoms with Gasteiger partial charge in [-0.15, -0.1) is 0 Å². The van der Waals surface area contributed by atoms with E-state index in [0.29, 0.717) is 25.6 Å². The van der Waals surface area contributed by atoms with Crippen LogP contribution in [0.2, 0.25) is 0 Å². The maximum Gasteiger partial charge on any atom is 0.223 e. The number of ether oxygens (including phenoxy) is 2. The van der Waals surface area contributed by atoms with Crippen LogP contribution < -0.4 is 10.1 Å². The number of aromatic amines is 1. The molecular weight excluding hydrogens is 320 g/mol. The molecule has 7 heteroatoms. The summed E-state index contributed by atoms with van der Waals surface area (Å²) in [5, 5.41) is 3.02. The van der Waals surface area contributed by atoms with E-state index < -0.39 is 0 Å². The Morgan fingerprint density at radius 1 is 1.44 bits per heavy atom. The number of nitrogens with zero attached hydrogens (tertiary/aromatic N) is 2. The van der Waals surface area contributed by atoms with Crippen LogP contribution in [0.3, 0.4) is 0 Å². The quantitative estimate of drug-likeness (QED) is 0.744. The molecule has 0 unspecified atom stereocenters. The van der Waals surface area contributed by atoms with Crippen molar-refractivity contribution in [3.05, 3.63) is 41.1 Å². The lowest BCUT2D eigenvalue weighted by molar-refractivity contribution is -0.125. The highest BCUT2D eigenvalue weighted by Crippen LogP contribution is 2.24. The van der Waals surface area contributed by atoms with Crippen LogP contribution in [0, 0.1) is 12.8 Å². The van der Waals surface area contributed by atoms with Gasteiger partial charge in [-0.25, -0.2) is 9.97 Å². The molecule has 0 aromatic carbocycles. The number of carbonyl (C=O) groups excluding carboxylic acids is 1. The van der Waals surface area contributed by atoms with Crippen molar-refractivity contribution in [3.8, 4) is 5.88 Å². The number of aromatic nitrogens is 3. The van der Waals surface area contributed by atoms with E-state index >= 15 is 0 Å². The number of nitrogens with one attached hydrogen (secondary N) is 2. The van der Waals surface area contributed by atoms with Gasteiger partial charge in [0.15, 0.2) is 0 Å². The first-order valence-corrected chi connectivity index (χ1v) is 8.54. The molecule has 3 rings (SSSR count). The van der Waals surface area contributed by atoms with Gasteiger partial charge in [0, 0.05) is 44.0 Å². The predicted molar refractivity (Wildman–Crippen MR) is 92.3 cm³/mol. The summed E-state index contributed by atoms with van der Waals surface area (Å²) in [7, 11) is 1.63. The first kappa shape index (κ1) is 17.4. The van der Waals surface area contributed by atoms with Crippen LogP contribution in [-0.4, -0.2) is 41.2 Å². The zero-order valence-electron chi connectivity index (χ0n) is 14.7. The minimum atomic E-state index is -0.00777. The highest BCUT2D eigenvalue weighted by molar-refractivity contribution is 5.79. The van der Waals surface area contributed by atoms with Crippen LogP contribution in [0.25, 0.3) is 0 Å². The van der Waals surface area contributed by atoms with E-state index in [4.69, 9.17) is 9.47 Å². The minimum Gasteiger partial charge on any atom is -0.475 e. The second-order valence-electron chi connectivity index (χ2n) is 6.25. The zero-order valence-corrected chi connectivity index (χ0v) is 14.7. The highest BCUT2D eigenvalue weighted by Gasteiger charge is 2.26. The third-order valence-electron chi connectivity index (χ3n) is 4.34. The topological polar surface area (TPSA) is 89.1 Å². The van der Waals surface area contributed by atoms with Crippen LogP contribution >= 0.6 is 0 Å². The highest BCUT2D eigenvalue weighted by atomic mass is 16.5. The SMILES string of the molecule is COCCOc1cc(CNC(=O)[C@H]2CCc3nc(C)[nH]c3C2)ccn1. The summed E-state index contributed by atoms with van der Waals surface area (Å²) in [5.41, 5.74) is 3.17. The molecule has 2 aromatic heterocycles. The Hall–Kier alpha value is -2.41. The van der Waals surface area contributed by atoms with E-state index in [0.717, 1.165) is 42.0 Å². The second-order valence-corrected chi connectivity index (χ2v) is 6.25. The van der Waals surface area contributed by atoms with E-state index in [1.165, 1.54) is 0 Å². The Kier molecular flexibility index (Phi) is 5.65. The number of rotatable bonds is 7. The normalized spacial score (nSPS) is 16.3. The van der Waals surface area contributed by atoms with Crippen LogP contribution in [-0.2, 0) is 28.9 Å². The van der Waals surface area contributed by atoms with Crippen molar-refractivity contribution in [1.82, 2.24) is 20.3 Å². The number of pyridine rings is 1. The molecule has 2 heterocycles. The molecule has 1 amide bonds. The van der Waals surface area contributed by atoms with Crippen molar-refractivity contribution in [3.63, 3.8) is 0 Å². The van der Waals surface area contributed by atoms with Gasteiger partial charge < -0.3 is 19.8 Å². The first-order valence-electron chi connectivity index (χ1n) is 8.54. The van der Waals surface area contributed by atoms with Gasteiger partial charge in [-0.1, -0.05) is 0 Å². The van der Waals surface area contributed by atoms with Crippen molar-refractivity contribution in [2.45, 2.75) is 32.7 Å². The van der Waals surface area contributed by atoms with Crippen molar-refractivity contribution in [1.29, 1.82) is 0 Å². The number of imidazole rings is 1. The molecule has 0 saturated carbocycles. The fourth-order valence-electron chi connectivity index (χ4n) is 3.05. The number of methoxy groups -OCH3 is 1. The van der Waals surface area contributed by atoms with Crippen LogP contribution in [0.5, 0.6) is 5.88 Å². The largest absolute Gasteiger partial charge is 0.475 e. The Bertz CT molecular complexity index is 729. The molecule has 0 spiro atoms. The second kappa shape index (κ2) is 8.11. The fourth-order valence-corrected chi connectivity index (χ4v) is 3.05. The number of carbonyl (C=O) groups is 1. The Labute approximate surface area is 147 Å². The molecule has 0 radical (unpaired) electrons. The molecule has 25 heavy (non-hydrogen) atoms. The zero-order chi connectivity index (χ0) is 17.6. The predicted octanol–water partition coefficient (Wildman–Crippen LogP) is 1.56. The number of hydrogen-bond donors (Lipinski definition) is 2. The molecule has 2 N–H and O–H groups in total. The van der Waals surface area contributed by atoms with Gasteiger partial charge in [-0.05, 0) is 31.4 Å². The maximum absolute atomic E-state index is 12.5. The molecular formula is C18H24N4O3. The number of aryl methyl sites for hydroxylation is 2. The fraction of sp³-hybridized carbons (Fsp3) is 0.500. The average Bonchev–Trinajstić information content (AvgIpc) is 2.99. The molecule has 0 fully saturated rings.